The number of rotatable bonds is 4. The van der Waals surface area contributed by atoms with Crippen LogP contribution in [0.4, 0.5) is 0 Å². The first-order chi connectivity index (χ1) is 12.2. The number of carbonyl (C=O) groups excluding carboxylic acids is 1. The van der Waals surface area contributed by atoms with Gasteiger partial charge in [-0.15, -0.1) is 0 Å². The summed E-state index contributed by atoms with van der Waals surface area (Å²) in [6.07, 6.45) is 5.24. The Hall–Kier alpha value is -2.95. The number of amides is 1. The van der Waals surface area contributed by atoms with Crippen molar-refractivity contribution < 1.29 is 4.79 Å². The molecule has 126 valence electrons. The Bertz CT molecular complexity index is 901. The molecule has 0 bridgehead atoms. The van der Waals surface area contributed by atoms with Crippen LogP contribution in [0.25, 0.3) is 11.4 Å². The van der Waals surface area contributed by atoms with Gasteiger partial charge in [-0.05, 0) is 61.1 Å². The van der Waals surface area contributed by atoms with Gasteiger partial charge in [-0.25, -0.2) is 0 Å². The summed E-state index contributed by atoms with van der Waals surface area (Å²) < 4.78 is 0. The molecule has 1 aliphatic carbocycles. The highest BCUT2D eigenvalue weighted by Gasteiger charge is 2.17. The topological polar surface area (TPSA) is 70.7 Å². The fourth-order valence-corrected chi connectivity index (χ4v) is 3.30. The third-order valence-corrected chi connectivity index (χ3v) is 4.72. The number of fused-ring (bicyclic) bond motifs is 1. The van der Waals surface area contributed by atoms with Crippen molar-refractivity contribution in [2.75, 3.05) is 0 Å². The van der Waals surface area contributed by atoms with E-state index < -0.39 is 0 Å². The zero-order chi connectivity index (χ0) is 17.2. The zero-order valence-electron chi connectivity index (χ0n) is 14.1. The Kier molecular flexibility index (Phi) is 4.06. The molecule has 2 aromatic heterocycles. The lowest BCUT2D eigenvalue weighted by Crippen LogP contribution is -2.27. The maximum Gasteiger partial charge on any atom is 0.269 e. The van der Waals surface area contributed by atoms with Crippen LogP contribution in [0, 0.1) is 0 Å². The minimum atomic E-state index is -0.164. The van der Waals surface area contributed by atoms with Crippen LogP contribution in [0.3, 0.4) is 0 Å². The van der Waals surface area contributed by atoms with E-state index in [1.54, 1.807) is 12.3 Å². The third-order valence-electron chi connectivity index (χ3n) is 4.72. The number of aryl methyl sites for hydroxylation is 2. The molecule has 0 unspecified atom stereocenters. The molecule has 0 radical (unpaired) electrons. The summed E-state index contributed by atoms with van der Waals surface area (Å²) in [5, 5.41) is 10.0. The van der Waals surface area contributed by atoms with E-state index in [0.717, 1.165) is 17.7 Å². The first-order valence-electron chi connectivity index (χ1n) is 8.60. The average molecular weight is 332 g/mol. The lowest BCUT2D eigenvalue weighted by atomic mass is 10.0. The van der Waals surface area contributed by atoms with E-state index in [9.17, 15) is 4.79 Å². The van der Waals surface area contributed by atoms with Gasteiger partial charge in [0, 0.05) is 6.20 Å². The number of pyridine rings is 1. The summed E-state index contributed by atoms with van der Waals surface area (Å²) in [6.45, 7) is 2.00. The fourth-order valence-electron chi connectivity index (χ4n) is 3.30. The SMILES string of the molecule is C[C@@H](NC(=O)c1cc(-c2ccccn2)n[nH]1)c1ccc2c(c1)CCC2. The first kappa shape index (κ1) is 15.6. The highest BCUT2D eigenvalue weighted by molar-refractivity contribution is 5.93. The molecule has 1 aromatic carbocycles. The van der Waals surface area contributed by atoms with E-state index in [1.807, 2.05) is 25.1 Å². The Balaban J connectivity index is 1.47. The fraction of sp³-hybridized carbons (Fsp3) is 0.250. The van der Waals surface area contributed by atoms with Crippen LogP contribution in [-0.4, -0.2) is 21.1 Å². The van der Waals surface area contributed by atoms with Crippen LogP contribution in [0.15, 0.2) is 48.7 Å². The summed E-state index contributed by atoms with van der Waals surface area (Å²) in [6, 6.07) is 13.8. The second-order valence-electron chi connectivity index (χ2n) is 6.46. The molecular weight excluding hydrogens is 312 g/mol. The molecule has 0 saturated carbocycles. The predicted octanol–water partition coefficient (Wildman–Crippen LogP) is 3.45. The summed E-state index contributed by atoms with van der Waals surface area (Å²) in [7, 11) is 0. The Morgan fingerprint density at radius 1 is 1.12 bits per heavy atom. The molecule has 0 aliphatic heterocycles. The highest BCUT2D eigenvalue weighted by atomic mass is 16.2. The van der Waals surface area contributed by atoms with Gasteiger partial charge in [0.25, 0.3) is 5.91 Å². The molecule has 2 heterocycles. The highest BCUT2D eigenvalue weighted by Crippen LogP contribution is 2.25. The molecule has 3 aromatic rings. The van der Waals surface area contributed by atoms with Gasteiger partial charge in [0.2, 0.25) is 0 Å². The van der Waals surface area contributed by atoms with Crippen molar-refractivity contribution in [1.29, 1.82) is 0 Å². The van der Waals surface area contributed by atoms with Gasteiger partial charge in [-0.2, -0.15) is 5.10 Å². The van der Waals surface area contributed by atoms with Crippen molar-refractivity contribution >= 4 is 5.91 Å². The molecule has 1 amide bonds. The van der Waals surface area contributed by atoms with E-state index in [4.69, 9.17) is 0 Å². The number of nitrogens with zero attached hydrogens (tertiary/aromatic N) is 2. The maximum absolute atomic E-state index is 12.5. The van der Waals surface area contributed by atoms with Crippen LogP contribution < -0.4 is 5.32 Å². The lowest BCUT2D eigenvalue weighted by molar-refractivity contribution is 0.0935. The van der Waals surface area contributed by atoms with Crippen molar-refractivity contribution in [3.05, 3.63) is 71.0 Å². The van der Waals surface area contributed by atoms with Gasteiger partial charge < -0.3 is 5.32 Å². The van der Waals surface area contributed by atoms with Crippen LogP contribution in [-0.2, 0) is 12.8 Å². The molecular formula is C20H20N4O. The predicted molar refractivity (Wildman–Crippen MR) is 96.2 cm³/mol. The van der Waals surface area contributed by atoms with E-state index in [-0.39, 0.29) is 11.9 Å². The standard InChI is InChI=1S/C20H20N4O/c1-13(15-9-8-14-5-4-6-16(14)11-15)22-20(25)19-12-18(23-24-19)17-7-2-3-10-21-17/h2-3,7-13H,4-6H2,1H3,(H,22,25)(H,23,24)/t13-/m1/s1. The minimum absolute atomic E-state index is 0.0556. The molecule has 1 aliphatic rings. The molecule has 5 nitrogen and oxygen atoms in total. The molecule has 5 heteroatoms. The quantitative estimate of drug-likeness (QED) is 0.769. The number of aromatic amines is 1. The smallest absolute Gasteiger partial charge is 0.269 e. The Morgan fingerprint density at radius 2 is 2.00 bits per heavy atom. The Labute approximate surface area is 146 Å². The number of benzene rings is 1. The summed E-state index contributed by atoms with van der Waals surface area (Å²) in [5.41, 5.74) is 5.83. The number of nitrogens with one attached hydrogen (secondary N) is 2. The van der Waals surface area contributed by atoms with Gasteiger partial charge in [0.15, 0.2) is 0 Å². The van der Waals surface area contributed by atoms with Gasteiger partial charge in [-0.1, -0.05) is 24.3 Å². The van der Waals surface area contributed by atoms with Crippen LogP contribution in [0.1, 0.15) is 46.6 Å². The van der Waals surface area contributed by atoms with Crippen LogP contribution in [0.2, 0.25) is 0 Å². The Morgan fingerprint density at radius 3 is 2.84 bits per heavy atom. The van der Waals surface area contributed by atoms with E-state index in [0.29, 0.717) is 11.4 Å². The number of hydrogen-bond acceptors (Lipinski definition) is 3. The molecule has 0 fully saturated rings. The van der Waals surface area contributed by atoms with Gasteiger partial charge in [0.05, 0.1) is 11.7 Å². The van der Waals surface area contributed by atoms with E-state index in [2.05, 4.69) is 38.7 Å². The number of carbonyl (C=O) groups is 1. The van der Waals surface area contributed by atoms with Crippen LogP contribution >= 0.6 is 0 Å². The number of aromatic nitrogens is 3. The van der Waals surface area contributed by atoms with Gasteiger partial charge in [0.1, 0.15) is 11.4 Å². The lowest BCUT2D eigenvalue weighted by Gasteiger charge is -2.15. The van der Waals surface area contributed by atoms with Crippen molar-refractivity contribution in [2.45, 2.75) is 32.2 Å². The van der Waals surface area contributed by atoms with Crippen molar-refractivity contribution in [1.82, 2.24) is 20.5 Å². The second-order valence-corrected chi connectivity index (χ2v) is 6.46. The molecule has 2 N–H and O–H groups in total. The van der Waals surface area contributed by atoms with E-state index >= 15 is 0 Å². The molecule has 4 rings (SSSR count). The number of H-pyrrole nitrogens is 1. The summed E-state index contributed by atoms with van der Waals surface area (Å²) >= 11 is 0. The van der Waals surface area contributed by atoms with E-state index in [1.165, 1.54) is 24.0 Å². The summed E-state index contributed by atoms with van der Waals surface area (Å²) in [5.74, 6) is -0.164. The molecule has 0 spiro atoms. The van der Waals surface area contributed by atoms with Crippen LogP contribution in [0.5, 0.6) is 0 Å². The van der Waals surface area contributed by atoms with Crippen molar-refractivity contribution in [2.24, 2.45) is 0 Å². The molecule has 25 heavy (non-hydrogen) atoms. The molecule has 1 atom stereocenters. The monoisotopic (exact) mass is 332 g/mol. The third kappa shape index (κ3) is 3.18. The maximum atomic E-state index is 12.5. The average Bonchev–Trinajstić information content (AvgIpc) is 3.31. The minimum Gasteiger partial charge on any atom is -0.344 e. The van der Waals surface area contributed by atoms with Gasteiger partial charge >= 0.3 is 0 Å². The second kappa shape index (κ2) is 6.51. The van der Waals surface area contributed by atoms with Crippen molar-refractivity contribution in [3.63, 3.8) is 0 Å². The van der Waals surface area contributed by atoms with Gasteiger partial charge in [-0.3, -0.25) is 14.9 Å². The largest absolute Gasteiger partial charge is 0.344 e. The van der Waals surface area contributed by atoms with Crippen molar-refractivity contribution in [3.8, 4) is 11.4 Å². The first-order valence-corrected chi connectivity index (χ1v) is 8.60. The number of hydrogen-bond donors (Lipinski definition) is 2. The zero-order valence-corrected chi connectivity index (χ0v) is 14.1. The molecule has 0 saturated heterocycles. The normalized spacial score (nSPS) is 14.1. The summed E-state index contributed by atoms with van der Waals surface area (Å²) in [4.78, 5) is 16.8.